The monoisotopic (exact) mass is 500 g/mol. The van der Waals surface area contributed by atoms with Gasteiger partial charge in [0, 0.05) is 23.0 Å². The number of aromatic nitrogens is 4. The molecule has 0 spiro atoms. The van der Waals surface area contributed by atoms with Crippen molar-refractivity contribution in [3.63, 3.8) is 0 Å². The van der Waals surface area contributed by atoms with Crippen LogP contribution in [0.2, 0.25) is 0 Å². The van der Waals surface area contributed by atoms with Crippen LogP contribution in [0.25, 0.3) is 49.8 Å². The summed E-state index contributed by atoms with van der Waals surface area (Å²) in [6.07, 6.45) is 3.44. The molecule has 0 radical (unpaired) electrons. The number of hydrogen-bond acceptors (Lipinski definition) is 6. The highest BCUT2D eigenvalue weighted by Gasteiger charge is 2.19. The molecule has 0 unspecified atom stereocenters. The Labute approximate surface area is 218 Å². The molecule has 0 bridgehead atoms. The molecule has 0 fully saturated rings. The second kappa shape index (κ2) is 8.05. The lowest BCUT2D eigenvalue weighted by Crippen LogP contribution is -2.12. The van der Waals surface area contributed by atoms with E-state index in [9.17, 15) is 5.11 Å². The predicted molar refractivity (Wildman–Crippen MR) is 148 cm³/mol. The number of rotatable bonds is 3. The molecule has 5 heterocycles. The molecule has 38 heavy (non-hydrogen) atoms. The zero-order valence-corrected chi connectivity index (χ0v) is 21.1. The van der Waals surface area contributed by atoms with E-state index in [4.69, 9.17) is 19.1 Å². The van der Waals surface area contributed by atoms with Crippen LogP contribution in [0.3, 0.4) is 0 Å². The summed E-state index contributed by atoms with van der Waals surface area (Å²) >= 11 is 0. The number of ether oxygens (including phenoxy) is 1. The van der Waals surface area contributed by atoms with Crippen LogP contribution < -0.4 is 4.74 Å². The van der Waals surface area contributed by atoms with E-state index < -0.39 is 0 Å². The second-order valence-corrected chi connectivity index (χ2v) is 10.4. The van der Waals surface area contributed by atoms with Gasteiger partial charge in [0.1, 0.15) is 22.9 Å². The molecule has 7 aromatic rings. The van der Waals surface area contributed by atoms with E-state index in [2.05, 4.69) is 54.6 Å². The number of hydrogen-bond donors (Lipinski definition) is 1. The van der Waals surface area contributed by atoms with Gasteiger partial charge in [0.2, 0.25) is 11.6 Å². The number of phenols is 1. The van der Waals surface area contributed by atoms with Gasteiger partial charge in [-0.2, -0.15) is 4.98 Å². The molecule has 0 aliphatic rings. The van der Waals surface area contributed by atoms with Crippen LogP contribution in [0.1, 0.15) is 26.3 Å². The Hall–Kier alpha value is -4.91. The molecule has 0 saturated heterocycles. The zero-order chi connectivity index (χ0) is 26.0. The average Bonchev–Trinajstić information content (AvgIpc) is 3.44. The summed E-state index contributed by atoms with van der Waals surface area (Å²) < 4.78 is 14.0. The Bertz CT molecular complexity index is 2010. The normalized spacial score (nSPS) is 12.2. The fourth-order valence-electron chi connectivity index (χ4n) is 4.97. The van der Waals surface area contributed by atoms with Gasteiger partial charge in [0.25, 0.3) is 0 Å². The number of para-hydroxylation sites is 1. The number of pyridine rings is 3. The van der Waals surface area contributed by atoms with Gasteiger partial charge in [-0.3, -0.25) is 4.57 Å². The minimum Gasteiger partial charge on any atom is -0.507 e. The van der Waals surface area contributed by atoms with E-state index in [1.165, 1.54) is 5.56 Å². The Morgan fingerprint density at radius 1 is 0.868 bits per heavy atom. The lowest BCUT2D eigenvalue weighted by atomic mass is 9.88. The Morgan fingerprint density at radius 3 is 2.61 bits per heavy atom. The maximum absolute atomic E-state index is 10.4. The molecule has 0 atom stereocenters. The molecule has 7 nitrogen and oxygen atoms in total. The van der Waals surface area contributed by atoms with Gasteiger partial charge in [-0.05, 0) is 53.4 Å². The fourth-order valence-corrected chi connectivity index (χ4v) is 4.97. The molecule has 7 heteroatoms. The largest absolute Gasteiger partial charge is 0.507 e. The Morgan fingerprint density at radius 2 is 1.74 bits per heavy atom. The number of fused-ring (bicyclic) bond motifs is 6. The van der Waals surface area contributed by atoms with Gasteiger partial charge in [-0.1, -0.05) is 45.0 Å². The van der Waals surface area contributed by atoms with Crippen LogP contribution in [-0.2, 0) is 5.41 Å². The van der Waals surface area contributed by atoms with E-state index in [0.717, 1.165) is 27.8 Å². The van der Waals surface area contributed by atoms with E-state index in [-0.39, 0.29) is 11.2 Å². The van der Waals surface area contributed by atoms with Crippen LogP contribution in [0.4, 0.5) is 0 Å². The topological polar surface area (TPSA) is 86.2 Å². The predicted octanol–water partition coefficient (Wildman–Crippen LogP) is 7.66. The van der Waals surface area contributed by atoms with Crippen LogP contribution in [-0.4, -0.2) is 24.6 Å². The molecule has 0 aliphatic heterocycles. The highest BCUT2D eigenvalue weighted by molar-refractivity contribution is 6.08. The Kier molecular flexibility index (Phi) is 4.72. The fraction of sp³-hybridized carbons (Fsp3) is 0.129. The summed E-state index contributed by atoms with van der Waals surface area (Å²) in [4.78, 5) is 14.0. The minimum atomic E-state index is -0.0184. The first-order chi connectivity index (χ1) is 18.4. The molecule has 0 aliphatic carbocycles. The number of nitrogens with zero attached hydrogens (tertiary/aromatic N) is 4. The van der Waals surface area contributed by atoms with Gasteiger partial charge >= 0.3 is 0 Å². The summed E-state index contributed by atoms with van der Waals surface area (Å²) in [5, 5.41) is 13.8. The molecule has 7 rings (SSSR count). The van der Waals surface area contributed by atoms with Crippen molar-refractivity contribution in [3.05, 3.63) is 90.8 Å². The third-order valence-electron chi connectivity index (χ3n) is 6.87. The summed E-state index contributed by atoms with van der Waals surface area (Å²) in [5.41, 5.74) is 3.95. The lowest BCUT2D eigenvalue weighted by Gasteiger charge is -2.19. The van der Waals surface area contributed by atoms with E-state index >= 15 is 0 Å². The summed E-state index contributed by atoms with van der Waals surface area (Å²) in [6, 6.07) is 23.3. The van der Waals surface area contributed by atoms with E-state index in [1.807, 2.05) is 36.5 Å². The number of furan rings is 1. The van der Waals surface area contributed by atoms with Gasteiger partial charge in [-0.25, -0.2) is 9.97 Å². The first-order valence-corrected chi connectivity index (χ1v) is 12.4. The van der Waals surface area contributed by atoms with Crippen molar-refractivity contribution in [3.8, 4) is 23.2 Å². The van der Waals surface area contributed by atoms with Crippen LogP contribution in [0.5, 0.6) is 17.4 Å². The van der Waals surface area contributed by atoms with Crippen molar-refractivity contribution in [1.82, 2.24) is 19.5 Å². The standard InChI is InChI=1S/C31H24N4O3/c1-31(2,3)18-13-14-32-26(15-18)35-23-8-5-4-7-20(23)21-11-12-27(34-29(21)35)37-19-16-22-28-24(36)9-6-10-25(28)38-30(22)33-17-19/h4-17,36H,1-3H3. The summed E-state index contributed by atoms with van der Waals surface area (Å²) in [7, 11) is 0. The van der Waals surface area contributed by atoms with Crippen molar-refractivity contribution in [2.75, 3.05) is 0 Å². The first-order valence-electron chi connectivity index (χ1n) is 12.4. The van der Waals surface area contributed by atoms with Gasteiger partial charge in [0.05, 0.1) is 22.5 Å². The molecule has 2 aromatic carbocycles. The van der Waals surface area contributed by atoms with Crippen molar-refractivity contribution in [2.24, 2.45) is 0 Å². The van der Waals surface area contributed by atoms with Crippen molar-refractivity contribution < 1.29 is 14.3 Å². The minimum absolute atomic E-state index is 0.0184. The van der Waals surface area contributed by atoms with Gasteiger partial charge in [-0.15, -0.1) is 0 Å². The molecular weight excluding hydrogens is 476 g/mol. The quantitative estimate of drug-likeness (QED) is 0.268. The molecule has 1 N–H and O–H groups in total. The Balaban J connectivity index is 1.38. The molecule has 5 aromatic heterocycles. The number of phenolic OH excluding ortho intramolecular Hbond substituents is 1. The van der Waals surface area contributed by atoms with Crippen molar-refractivity contribution in [2.45, 2.75) is 26.2 Å². The van der Waals surface area contributed by atoms with Crippen LogP contribution in [0.15, 0.2) is 89.6 Å². The maximum atomic E-state index is 10.4. The highest BCUT2D eigenvalue weighted by atomic mass is 16.5. The molecule has 0 amide bonds. The average molecular weight is 501 g/mol. The van der Waals surface area contributed by atoms with Gasteiger partial charge in [0.15, 0.2) is 5.65 Å². The highest BCUT2D eigenvalue weighted by Crippen LogP contribution is 2.37. The molecular formula is C31H24N4O3. The summed E-state index contributed by atoms with van der Waals surface area (Å²) in [5.74, 6) is 1.85. The maximum Gasteiger partial charge on any atom is 0.227 e. The zero-order valence-electron chi connectivity index (χ0n) is 21.1. The van der Waals surface area contributed by atoms with Crippen molar-refractivity contribution in [1.29, 1.82) is 0 Å². The summed E-state index contributed by atoms with van der Waals surface area (Å²) in [6.45, 7) is 6.57. The number of benzene rings is 2. The number of aromatic hydroxyl groups is 1. The van der Waals surface area contributed by atoms with Crippen LogP contribution in [0, 0.1) is 0 Å². The third-order valence-corrected chi connectivity index (χ3v) is 6.87. The SMILES string of the molecule is CC(C)(C)c1ccnc(-n2c3ccccc3c3ccc(Oc4cnc5oc6cccc(O)c6c5c4)nc32)c1. The van der Waals surface area contributed by atoms with Gasteiger partial charge < -0.3 is 14.3 Å². The molecule has 186 valence electrons. The van der Waals surface area contributed by atoms with Crippen LogP contribution >= 0.6 is 0 Å². The molecule has 0 saturated carbocycles. The lowest BCUT2D eigenvalue weighted by molar-refractivity contribution is 0.463. The van der Waals surface area contributed by atoms with E-state index in [0.29, 0.717) is 33.7 Å². The van der Waals surface area contributed by atoms with E-state index in [1.54, 1.807) is 24.4 Å². The second-order valence-electron chi connectivity index (χ2n) is 10.4. The smallest absolute Gasteiger partial charge is 0.227 e. The van der Waals surface area contributed by atoms with Crippen molar-refractivity contribution >= 4 is 44.0 Å². The third kappa shape index (κ3) is 3.47. The first kappa shape index (κ1) is 22.3.